The Bertz CT molecular complexity index is 896. The number of aromatic nitrogens is 2. The summed E-state index contributed by atoms with van der Waals surface area (Å²) >= 11 is 7.58. The molecule has 0 aliphatic rings. The molecule has 0 aliphatic carbocycles. The molecule has 2 aromatic carbocycles. The van der Waals surface area contributed by atoms with E-state index in [-0.39, 0.29) is 11.9 Å². The number of nitrogens with zero attached hydrogens (tertiary/aromatic N) is 2. The van der Waals surface area contributed by atoms with Crippen LogP contribution in [0.3, 0.4) is 0 Å². The topological polar surface area (TPSA) is 68.0 Å². The van der Waals surface area contributed by atoms with E-state index in [1.54, 1.807) is 30.8 Å². The average molecular weight is 388 g/mol. The van der Waals surface area contributed by atoms with Gasteiger partial charge in [0.1, 0.15) is 0 Å². The Morgan fingerprint density at radius 1 is 1.27 bits per heavy atom. The molecule has 0 aliphatic heterocycles. The summed E-state index contributed by atoms with van der Waals surface area (Å²) in [5.41, 5.74) is 1.57. The molecule has 26 heavy (non-hydrogen) atoms. The Kier molecular flexibility index (Phi) is 5.96. The van der Waals surface area contributed by atoms with E-state index < -0.39 is 0 Å². The third kappa shape index (κ3) is 4.86. The Balaban J connectivity index is 1.58. The van der Waals surface area contributed by atoms with Crippen molar-refractivity contribution in [2.45, 2.75) is 30.5 Å². The number of carbonyl (C=O) groups is 1. The third-order valence-corrected chi connectivity index (χ3v) is 4.98. The van der Waals surface area contributed by atoms with Gasteiger partial charge in [-0.1, -0.05) is 28.9 Å². The Labute approximate surface area is 161 Å². The van der Waals surface area contributed by atoms with E-state index in [9.17, 15) is 4.79 Å². The first-order chi connectivity index (χ1) is 12.5. The number of thioether (sulfide) groups is 1. The molecular formula is C19H18ClN3O2S. The molecule has 1 unspecified atom stereocenters. The van der Waals surface area contributed by atoms with Gasteiger partial charge in [-0.05, 0) is 55.8 Å². The minimum Gasteiger partial charge on any atom is -0.346 e. The summed E-state index contributed by atoms with van der Waals surface area (Å²) in [5.74, 6) is 1.69. The summed E-state index contributed by atoms with van der Waals surface area (Å²) in [6, 6.07) is 14.8. The van der Waals surface area contributed by atoms with Gasteiger partial charge in [-0.25, -0.2) is 0 Å². The standard InChI is InChI=1S/C19H18ClN3O2S/c1-12(15-4-3-5-16(20)10-15)21-19(24)14-6-8-17(9-7-14)26-11-18-22-13(2)23-25-18/h3-10,12H,11H2,1-2H3,(H,21,24). The van der Waals surface area contributed by atoms with Crippen molar-refractivity contribution in [1.82, 2.24) is 15.5 Å². The Morgan fingerprint density at radius 3 is 2.69 bits per heavy atom. The van der Waals surface area contributed by atoms with Gasteiger partial charge in [0.2, 0.25) is 5.89 Å². The first-order valence-electron chi connectivity index (χ1n) is 8.09. The largest absolute Gasteiger partial charge is 0.346 e. The highest BCUT2D eigenvalue weighted by atomic mass is 35.5. The summed E-state index contributed by atoms with van der Waals surface area (Å²) < 4.78 is 5.09. The molecule has 7 heteroatoms. The van der Waals surface area contributed by atoms with Crippen molar-refractivity contribution >= 4 is 29.3 Å². The van der Waals surface area contributed by atoms with Crippen LogP contribution in [0.4, 0.5) is 0 Å². The van der Waals surface area contributed by atoms with Crippen LogP contribution in [-0.2, 0) is 5.75 Å². The lowest BCUT2D eigenvalue weighted by Crippen LogP contribution is -2.26. The van der Waals surface area contributed by atoms with Crippen LogP contribution in [0.2, 0.25) is 5.02 Å². The van der Waals surface area contributed by atoms with Gasteiger partial charge in [0.05, 0.1) is 11.8 Å². The fourth-order valence-corrected chi connectivity index (χ4v) is 3.32. The molecule has 0 bridgehead atoms. The maximum absolute atomic E-state index is 12.4. The van der Waals surface area contributed by atoms with Gasteiger partial charge >= 0.3 is 0 Å². The number of benzene rings is 2. The third-order valence-electron chi connectivity index (χ3n) is 3.74. The van der Waals surface area contributed by atoms with Crippen molar-refractivity contribution in [3.8, 4) is 0 Å². The second-order valence-electron chi connectivity index (χ2n) is 5.80. The van der Waals surface area contributed by atoms with Gasteiger partial charge in [-0.3, -0.25) is 4.79 Å². The van der Waals surface area contributed by atoms with Crippen LogP contribution in [0.25, 0.3) is 0 Å². The molecule has 0 radical (unpaired) electrons. The van der Waals surface area contributed by atoms with Crippen molar-refractivity contribution in [2.24, 2.45) is 0 Å². The number of aryl methyl sites for hydroxylation is 1. The maximum Gasteiger partial charge on any atom is 0.251 e. The monoisotopic (exact) mass is 387 g/mol. The van der Waals surface area contributed by atoms with E-state index in [2.05, 4.69) is 15.5 Å². The first-order valence-corrected chi connectivity index (χ1v) is 9.46. The molecular weight excluding hydrogens is 370 g/mol. The SMILES string of the molecule is Cc1noc(CSc2ccc(C(=O)NC(C)c3cccc(Cl)c3)cc2)n1. The van der Waals surface area contributed by atoms with Crippen LogP contribution in [0.15, 0.2) is 57.9 Å². The summed E-state index contributed by atoms with van der Waals surface area (Å²) in [5, 5.41) is 7.40. The number of rotatable bonds is 6. The molecule has 0 fully saturated rings. The van der Waals surface area contributed by atoms with Gasteiger partial charge < -0.3 is 9.84 Å². The molecule has 5 nitrogen and oxygen atoms in total. The fourth-order valence-electron chi connectivity index (χ4n) is 2.39. The van der Waals surface area contributed by atoms with Crippen LogP contribution in [0, 0.1) is 6.92 Å². The average Bonchev–Trinajstić information content (AvgIpc) is 3.05. The van der Waals surface area contributed by atoms with E-state index in [1.807, 2.05) is 43.3 Å². The van der Waals surface area contributed by atoms with Gasteiger partial charge in [0.25, 0.3) is 5.91 Å². The molecule has 3 rings (SSSR count). The van der Waals surface area contributed by atoms with Crippen LogP contribution < -0.4 is 5.32 Å². The molecule has 0 spiro atoms. The molecule has 0 saturated carbocycles. The molecule has 134 valence electrons. The molecule has 1 aromatic heterocycles. The lowest BCUT2D eigenvalue weighted by atomic mass is 10.1. The second-order valence-corrected chi connectivity index (χ2v) is 7.28. The lowest BCUT2D eigenvalue weighted by Gasteiger charge is -2.15. The number of nitrogens with one attached hydrogen (secondary N) is 1. The van der Waals surface area contributed by atoms with Gasteiger partial charge in [-0.15, -0.1) is 11.8 Å². The highest BCUT2D eigenvalue weighted by Crippen LogP contribution is 2.23. The zero-order valence-electron chi connectivity index (χ0n) is 14.4. The van der Waals surface area contributed by atoms with Gasteiger partial charge in [-0.2, -0.15) is 4.98 Å². The number of halogens is 1. The Morgan fingerprint density at radius 2 is 2.04 bits per heavy atom. The summed E-state index contributed by atoms with van der Waals surface area (Å²) in [6.07, 6.45) is 0. The smallest absolute Gasteiger partial charge is 0.251 e. The normalized spacial score (nSPS) is 12.0. The molecule has 1 N–H and O–H groups in total. The summed E-state index contributed by atoms with van der Waals surface area (Å²) in [4.78, 5) is 17.6. The molecule has 1 atom stereocenters. The highest BCUT2D eigenvalue weighted by molar-refractivity contribution is 7.98. The van der Waals surface area contributed by atoms with Crippen LogP contribution in [0.5, 0.6) is 0 Å². The van der Waals surface area contributed by atoms with Gasteiger partial charge in [0.15, 0.2) is 5.82 Å². The number of hydrogen-bond donors (Lipinski definition) is 1. The zero-order chi connectivity index (χ0) is 18.5. The van der Waals surface area contributed by atoms with Crippen LogP contribution in [0.1, 0.15) is 40.6 Å². The van der Waals surface area contributed by atoms with E-state index in [1.165, 1.54) is 0 Å². The number of hydrogen-bond acceptors (Lipinski definition) is 5. The van der Waals surface area contributed by atoms with Crippen molar-refractivity contribution in [3.05, 3.63) is 76.4 Å². The van der Waals surface area contributed by atoms with Crippen molar-refractivity contribution in [2.75, 3.05) is 0 Å². The second kappa shape index (κ2) is 8.38. The maximum atomic E-state index is 12.4. The lowest BCUT2D eigenvalue weighted by molar-refractivity contribution is 0.0940. The van der Waals surface area contributed by atoms with Crippen molar-refractivity contribution in [1.29, 1.82) is 0 Å². The number of carbonyl (C=O) groups excluding carboxylic acids is 1. The van der Waals surface area contributed by atoms with E-state index in [4.69, 9.17) is 16.1 Å². The minimum absolute atomic E-state index is 0.124. The van der Waals surface area contributed by atoms with E-state index in [0.29, 0.717) is 28.1 Å². The van der Waals surface area contributed by atoms with E-state index in [0.717, 1.165) is 10.5 Å². The first kappa shape index (κ1) is 18.5. The van der Waals surface area contributed by atoms with Crippen molar-refractivity contribution in [3.63, 3.8) is 0 Å². The van der Waals surface area contributed by atoms with E-state index >= 15 is 0 Å². The molecule has 1 amide bonds. The predicted octanol–water partition coefficient (Wildman–Crippen LogP) is 4.81. The molecule has 3 aromatic rings. The minimum atomic E-state index is -0.129. The summed E-state index contributed by atoms with van der Waals surface area (Å²) in [7, 11) is 0. The fraction of sp³-hybridized carbons (Fsp3) is 0.211. The van der Waals surface area contributed by atoms with Crippen LogP contribution >= 0.6 is 23.4 Å². The zero-order valence-corrected chi connectivity index (χ0v) is 16.0. The molecule has 0 saturated heterocycles. The predicted molar refractivity (Wildman–Crippen MR) is 102 cm³/mol. The van der Waals surface area contributed by atoms with Gasteiger partial charge in [0, 0.05) is 15.5 Å². The van der Waals surface area contributed by atoms with Crippen LogP contribution in [-0.4, -0.2) is 16.0 Å². The number of amides is 1. The summed E-state index contributed by atoms with van der Waals surface area (Å²) in [6.45, 7) is 3.72. The Hall–Kier alpha value is -2.31. The molecule has 1 heterocycles. The van der Waals surface area contributed by atoms with Crippen molar-refractivity contribution < 1.29 is 9.32 Å². The quantitative estimate of drug-likeness (QED) is 0.614. The highest BCUT2D eigenvalue weighted by Gasteiger charge is 2.12.